The summed E-state index contributed by atoms with van der Waals surface area (Å²) in [4.78, 5) is 28.5. The maximum Gasteiger partial charge on any atom is 0.306 e. The van der Waals surface area contributed by atoms with Crippen molar-refractivity contribution in [3.05, 3.63) is 0 Å². The summed E-state index contributed by atoms with van der Waals surface area (Å²) in [5, 5.41) is 40.0. The van der Waals surface area contributed by atoms with Crippen molar-refractivity contribution in [2.45, 2.75) is 347 Å². The van der Waals surface area contributed by atoms with E-state index in [-0.39, 0.29) is 24.1 Å². The van der Waals surface area contributed by atoms with Gasteiger partial charge in [-0.05, 0) is 116 Å². The van der Waals surface area contributed by atoms with Gasteiger partial charge in [-0.25, -0.2) is 0 Å². The number of nitrogens with zero attached hydrogens (tertiary/aromatic N) is 1. The highest BCUT2D eigenvalue weighted by Gasteiger charge is 2.44. The third-order valence-corrected chi connectivity index (χ3v) is 15.1. The molecule has 0 aromatic heterocycles. The van der Waals surface area contributed by atoms with Gasteiger partial charge in [0.05, 0.1) is 6.61 Å². The van der Waals surface area contributed by atoms with Crippen molar-refractivity contribution in [1.29, 1.82) is 0 Å². The van der Waals surface area contributed by atoms with Gasteiger partial charge in [0.2, 0.25) is 0 Å². The Morgan fingerprint density at radius 2 is 0.736 bits per heavy atom. The number of carbonyl (C=O) groups excluding carboxylic acids is 2. The zero-order valence-electron chi connectivity index (χ0n) is 47.7. The van der Waals surface area contributed by atoms with Crippen molar-refractivity contribution in [3.63, 3.8) is 0 Å². The molecular formula is C61H119NO10. The van der Waals surface area contributed by atoms with Crippen LogP contribution in [0.3, 0.4) is 0 Å². The highest BCUT2D eigenvalue weighted by Crippen LogP contribution is 2.24. The van der Waals surface area contributed by atoms with Crippen molar-refractivity contribution in [2.75, 3.05) is 32.8 Å². The second-order valence-corrected chi connectivity index (χ2v) is 22.0. The van der Waals surface area contributed by atoms with E-state index in [4.69, 9.17) is 18.9 Å². The van der Waals surface area contributed by atoms with E-state index in [0.717, 1.165) is 154 Å². The van der Waals surface area contributed by atoms with Crippen molar-refractivity contribution in [2.24, 2.45) is 0 Å². The Bertz CT molecular complexity index is 1080. The van der Waals surface area contributed by atoms with Crippen LogP contribution in [0.25, 0.3) is 0 Å². The smallest absolute Gasteiger partial charge is 0.306 e. The van der Waals surface area contributed by atoms with E-state index >= 15 is 0 Å². The van der Waals surface area contributed by atoms with Crippen LogP contribution in [0.4, 0.5) is 0 Å². The van der Waals surface area contributed by atoms with Gasteiger partial charge in [0.15, 0.2) is 6.29 Å². The molecular weight excluding hydrogens is 907 g/mol. The summed E-state index contributed by atoms with van der Waals surface area (Å²) in [6.45, 7) is 12.0. The van der Waals surface area contributed by atoms with Crippen molar-refractivity contribution >= 4 is 11.9 Å². The van der Waals surface area contributed by atoms with E-state index in [1.165, 1.54) is 128 Å². The first-order chi connectivity index (χ1) is 35.2. The van der Waals surface area contributed by atoms with Crippen LogP contribution in [-0.2, 0) is 28.5 Å². The average Bonchev–Trinajstić information content (AvgIpc) is 3.37. The number of carbonyl (C=O) groups is 2. The fraction of sp³-hybridized carbons (Fsp3) is 0.967. The van der Waals surface area contributed by atoms with Crippen LogP contribution < -0.4 is 0 Å². The molecule has 0 aromatic rings. The minimum absolute atomic E-state index is 0.00657. The molecule has 11 nitrogen and oxygen atoms in total. The predicted octanol–water partition coefficient (Wildman–Crippen LogP) is 14.8. The van der Waals surface area contributed by atoms with E-state index in [1.54, 1.807) is 0 Å². The summed E-state index contributed by atoms with van der Waals surface area (Å²) >= 11 is 0. The molecule has 4 N–H and O–H groups in total. The van der Waals surface area contributed by atoms with E-state index < -0.39 is 37.3 Å². The first-order valence-electron chi connectivity index (χ1n) is 31.2. The lowest BCUT2D eigenvalue weighted by molar-refractivity contribution is -0.301. The normalized spacial score (nSPS) is 18.2. The molecule has 72 heavy (non-hydrogen) atoms. The van der Waals surface area contributed by atoms with Gasteiger partial charge >= 0.3 is 11.9 Å². The highest BCUT2D eigenvalue weighted by atomic mass is 16.7. The standard InChI is InChI=1S/C61H119NO10/c1-5-9-13-17-23-32-42-53(43-33-24-18-14-10-6-2)70-56(64)46-36-27-21-29-38-48-62(50-40-31-41-51-69-61-60(68)59(67)58(66)55(52-63)72-61)49-39-30-22-28-37-47-57(65)71-54(44-34-25-19-15-11-7-3)45-35-26-20-16-12-8-4/h53-55,58-61,63,66-68H,5-52H2,1-4H3/t55-,58?,59+,60+,61?/m1/s1. The van der Waals surface area contributed by atoms with Crippen molar-refractivity contribution in [1.82, 2.24) is 4.90 Å². The Balaban J connectivity index is 2.54. The molecule has 0 radical (unpaired) electrons. The van der Waals surface area contributed by atoms with Gasteiger partial charge in [-0.15, -0.1) is 0 Å². The van der Waals surface area contributed by atoms with Gasteiger partial charge in [0, 0.05) is 19.4 Å². The molecule has 0 amide bonds. The zero-order valence-corrected chi connectivity index (χ0v) is 47.7. The topological polar surface area (TPSA) is 155 Å². The molecule has 428 valence electrons. The number of hydrogen-bond acceptors (Lipinski definition) is 11. The minimum Gasteiger partial charge on any atom is -0.462 e. The summed E-state index contributed by atoms with van der Waals surface area (Å²) in [5.41, 5.74) is 0. The number of unbranched alkanes of at least 4 members (excludes halogenated alkanes) is 30. The summed E-state index contributed by atoms with van der Waals surface area (Å²) < 4.78 is 23.4. The minimum atomic E-state index is -1.43. The Hall–Kier alpha value is -1.34. The molecule has 1 heterocycles. The molecule has 11 heteroatoms. The SMILES string of the molecule is CCCCCCCCC(CCCCCCCC)OC(=O)CCCCCCCN(CCCCCCCC(=O)OC(CCCCCCCC)CCCCCCCC)CCCCCOC1O[C@H](CO)C(O)[C@H](O)[C@@H]1O. The summed E-state index contributed by atoms with van der Waals surface area (Å²) in [6, 6.07) is 0. The molecule has 0 spiro atoms. The van der Waals surface area contributed by atoms with Gasteiger partial charge in [-0.3, -0.25) is 9.59 Å². The molecule has 0 aliphatic carbocycles. The number of aliphatic hydroxyl groups excluding tert-OH is 4. The summed E-state index contributed by atoms with van der Waals surface area (Å²) in [6.07, 6.45) is 42.7. The molecule has 1 rings (SSSR count). The fourth-order valence-electron chi connectivity index (χ4n) is 10.2. The van der Waals surface area contributed by atoms with Gasteiger partial charge in [-0.1, -0.05) is 195 Å². The zero-order chi connectivity index (χ0) is 52.5. The van der Waals surface area contributed by atoms with Gasteiger partial charge < -0.3 is 44.3 Å². The Morgan fingerprint density at radius 3 is 1.10 bits per heavy atom. The van der Waals surface area contributed by atoms with E-state index in [2.05, 4.69) is 32.6 Å². The molecule has 2 unspecified atom stereocenters. The van der Waals surface area contributed by atoms with Crippen molar-refractivity contribution in [3.8, 4) is 0 Å². The number of rotatable bonds is 54. The molecule has 1 aliphatic heterocycles. The Kier molecular flexibility index (Phi) is 48.1. The molecule has 0 bridgehead atoms. The van der Waals surface area contributed by atoms with Crippen LogP contribution in [0, 0.1) is 0 Å². The molecule has 0 saturated carbocycles. The number of hydrogen-bond donors (Lipinski definition) is 4. The van der Waals surface area contributed by atoms with Crippen LogP contribution in [0.15, 0.2) is 0 Å². The van der Waals surface area contributed by atoms with Gasteiger partial charge in [0.1, 0.15) is 36.6 Å². The largest absolute Gasteiger partial charge is 0.462 e. The van der Waals surface area contributed by atoms with Crippen LogP contribution in [0.5, 0.6) is 0 Å². The average molecular weight is 1030 g/mol. The van der Waals surface area contributed by atoms with Crippen LogP contribution in [-0.4, -0.2) is 113 Å². The second-order valence-electron chi connectivity index (χ2n) is 22.0. The van der Waals surface area contributed by atoms with Crippen LogP contribution in [0.2, 0.25) is 0 Å². The lowest BCUT2D eigenvalue weighted by atomic mass is 9.99. The lowest BCUT2D eigenvalue weighted by Gasteiger charge is -2.39. The predicted molar refractivity (Wildman–Crippen MR) is 297 cm³/mol. The van der Waals surface area contributed by atoms with Gasteiger partial charge in [0.25, 0.3) is 0 Å². The fourth-order valence-corrected chi connectivity index (χ4v) is 10.2. The number of esters is 2. The number of ether oxygens (including phenoxy) is 4. The molecule has 5 atom stereocenters. The van der Waals surface area contributed by atoms with Crippen molar-refractivity contribution < 1.29 is 49.0 Å². The molecule has 1 fully saturated rings. The molecule has 1 aliphatic rings. The van der Waals surface area contributed by atoms with E-state index in [0.29, 0.717) is 19.4 Å². The second kappa shape index (κ2) is 50.5. The van der Waals surface area contributed by atoms with Gasteiger partial charge in [-0.2, -0.15) is 0 Å². The highest BCUT2D eigenvalue weighted by molar-refractivity contribution is 5.69. The lowest BCUT2D eigenvalue weighted by Crippen LogP contribution is -2.59. The van der Waals surface area contributed by atoms with E-state index in [9.17, 15) is 30.0 Å². The Morgan fingerprint density at radius 1 is 0.417 bits per heavy atom. The summed E-state index contributed by atoms with van der Waals surface area (Å²) in [7, 11) is 0. The third-order valence-electron chi connectivity index (χ3n) is 15.1. The first kappa shape index (κ1) is 68.7. The van der Waals surface area contributed by atoms with E-state index in [1.807, 2.05) is 0 Å². The summed E-state index contributed by atoms with van der Waals surface area (Å²) in [5.74, 6) is -0.0131. The van der Waals surface area contributed by atoms with Crippen LogP contribution >= 0.6 is 0 Å². The van der Waals surface area contributed by atoms with Crippen LogP contribution in [0.1, 0.15) is 304 Å². The maximum atomic E-state index is 13.0. The maximum absolute atomic E-state index is 13.0. The number of aliphatic hydroxyl groups is 4. The monoisotopic (exact) mass is 1030 g/mol. The quantitative estimate of drug-likeness (QED) is 0.0340. The molecule has 0 aromatic carbocycles. The first-order valence-corrected chi connectivity index (χ1v) is 31.2. The molecule has 1 saturated heterocycles. The Labute approximate surface area is 443 Å². The third kappa shape index (κ3) is 39.1.